The highest BCUT2D eigenvalue weighted by molar-refractivity contribution is 7.10. The maximum absolute atomic E-state index is 12.6. The molecule has 0 saturated heterocycles. The number of carbonyl (C=O) groups excluding carboxylic acids is 1. The first-order valence-electron chi connectivity index (χ1n) is 6.71. The summed E-state index contributed by atoms with van der Waals surface area (Å²) in [6.07, 6.45) is 2.59. The van der Waals surface area contributed by atoms with E-state index in [-0.39, 0.29) is 11.9 Å². The van der Waals surface area contributed by atoms with Crippen molar-refractivity contribution in [2.45, 2.75) is 19.4 Å². The second kappa shape index (κ2) is 5.25. The number of nitrogens with zero attached hydrogens (tertiary/aromatic N) is 2. The van der Waals surface area contributed by atoms with Gasteiger partial charge in [-0.3, -0.25) is 4.79 Å². The SMILES string of the molecule is CNc1ccc(C(=O)N2CCc3sccc3C2C)cn1. The first kappa shape index (κ1) is 13.1. The number of thiophene rings is 1. The summed E-state index contributed by atoms with van der Waals surface area (Å²) in [5.74, 6) is 0.831. The summed E-state index contributed by atoms with van der Waals surface area (Å²) in [6.45, 7) is 2.87. The van der Waals surface area contributed by atoms with Gasteiger partial charge in [0, 0.05) is 24.7 Å². The Kier molecular flexibility index (Phi) is 3.44. The molecule has 2 aromatic rings. The number of pyridine rings is 1. The lowest BCUT2D eigenvalue weighted by atomic mass is 10.0. The topological polar surface area (TPSA) is 45.2 Å². The minimum Gasteiger partial charge on any atom is -0.373 e. The molecular formula is C15H17N3OS. The minimum atomic E-state index is 0.0597. The van der Waals surface area contributed by atoms with Crippen molar-refractivity contribution >= 4 is 23.1 Å². The third-order valence-electron chi connectivity index (χ3n) is 3.80. The molecule has 5 heteroatoms. The Hall–Kier alpha value is -1.88. The van der Waals surface area contributed by atoms with E-state index < -0.39 is 0 Å². The van der Waals surface area contributed by atoms with E-state index in [4.69, 9.17) is 0 Å². The highest BCUT2D eigenvalue weighted by atomic mass is 32.1. The van der Waals surface area contributed by atoms with Gasteiger partial charge in [-0.25, -0.2) is 4.98 Å². The normalized spacial score (nSPS) is 17.7. The molecule has 0 aromatic carbocycles. The zero-order chi connectivity index (χ0) is 14.1. The molecule has 0 fully saturated rings. The summed E-state index contributed by atoms with van der Waals surface area (Å²) < 4.78 is 0. The molecule has 3 rings (SSSR count). The Bertz CT molecular complexity index is 620. The Morgan fingerprint density at radius 3 is 3.00 bits per heavy atom. The third kappa shape index (κ3) is 2.18. The quantitative estimate of drug-likeness (QED) is 0.923. The van der Waals surface area contributed by atoms with Gasteiger partial charge < -0.3 is 10.2 Å². The van der Waals surface area contributed by atoms with Crippen molar-refractivity contribution in [3.05, 3.63) is 45.8 Å². The summed E-state index contributed by atoms with van der Waals surface area (Å²) in [4.78, 5) is 20.2. The van der Waals surface area contributed by atoms with Crippen LogP contribution in [0.25, 0.3) is 0 Å². The molecule has 0 bridgehead atoms. The molecule has 2 aromatic heterocycles. The number of nitrogens with one attached hydrogen (secondary N) is 1. The summed E-state index contributed by atoms with van der Waals surface area (Å²) >= 11 is 1.79. The number of fused-ring (bicyclic) bond motifs is 1. The fraction of sp³-hybridized carbons (Fsp3) is 0.333. The van der Waals surface area contributed by atoms with Crippen molar-refractivity contribution < 1.29 is 4.79 Å². The van der Waals surface area contributed by atoms with Crippen LogP contribution in [-0.4, -0.2) is 29.4 Å². The summed E-state index contributed by atoms with van der Waals surface area (Å²) in [5.41, 5.74) is 1.93. The van der Waals surface area contributed by atoms with Crippen LogP contribution in [0, 0.1) is 0 Å². The van der Waals surface area contributed by atoms with Gasteiger partial charge in [-0.1, -0.05) is 0 Å². The molecule has 1 aliphatic heterocycles. The van der Waals surface area contributed by atoms with Crippen LogP contribution in [0.15, 0.2) is 29.8 Å². The van der Waals surface area contributed by atoms with E-state index >= 15 is 0 Å². The van der Waals surface area contributed by atoms with Crippen molar-refractivity contribution in [3.8, 4) is 0 Å². The molecule has 1 amide bonds. The number of hydrogen-bond donors (Lipinski definition) is 1. The molecule has 20 heavy (non-hydrogen) atoms. The van der Waals surface area contributed by atoms with Crippen LogP contribution in [0.5, 0.6) is 0 Å². The van der Waals surface area contributed by atoms with Crippen molar-refractivity contribution in [2.24, 2.45) is 0 Å². The third-order valence-corrected chi connectivity index (χ3v) is 4.80. The molecule has 1 aliphatic rings. The summed E-state index contributed by atoms with van der Waals surface area (Å²) in [7, 11) is 1.81. The average molecular weight is 287 g/mol. The first-order chi connectivity index (χ1) is 9.70. The van der Waals surface area contributed by atoms with Gasteiger partial charge in [-0.2, -0.15) is 0 Å². The van der Waals surface area contributed by atoms with E-state index in [1.165, 1.54) is 10.4 Å². The van der Waals surface area contributed by atoms with Crippen LogP contribution in [0.3, 0.4) is 0 Å². The lowest BCUT2D eigenvalue weighted by Crippen LogP contribution is -2.38. The van der Waals surface area contributed by atoms with E-state index in [1.807, 2.05) is 24.1 Å². The molecule has 104 valence electrons. The standard InChI is InChI=1S/C15H17N3OS/c1-10-12-6-8-20-13(12)5-7-18(10)15(19)11-3-4-14(16-2)17-9-11/h3-4,6,8-10H,5,7H2,1-2H3,(H,16,17). The van der Waals surface area contributed by atoms with E-state index in [2.05, 4.69) is 28.7 Å². The summed E-state index contributed by atoms with van der Waals surface area (Å²) in [5, 5.41) is 5.07. The Balaban J connectivity index is 1.84. The predicted octanol–water partition coefficient (Wildman–Crippen LogP) is 2.94. The zero-order valence-electron chi connectivity index (χ0n) is 11.6. The Labute approximate surface area is 122 Å². The molecule has 1 N–H and O–H groups in total. The number of anilines is 1. The molecule has 1 unspecified atom stereocenters. The first-order valence-corrected chi connectivity index (χ1v) is 7.59. The van der Waals surface area contributed by atoms with Gasteiger partial charge in [0.05, 0.1) is 11.6 Å². The highest BCUT2D eigenvalue weighted by Gasteiger charge is 2.28. The van der Waals surface area contributed by atoms with Gasteiger partial charge >= 0.3 is 0 Å². The number of hydrogen-bond acceptors (Lipinski definition) is 4. The van der Waals surface area contributed by atoms with Gasteiger partial charge in [0.25, 0.3) is 5.91 Å². The molecule has 0 spiro atoms. The second-order valence-electron chi connectivity index (χ2n) is 4.91. The van der Waals surface area contributed by atoms with Crippen molar-refractivity contribution in [1.82, 2.24) is 9.88 Å². The van der Waals surface area contributed by atoms with Crippen molar-refractivity contribution in [2.75, 3.05) is 18.9 Å². The van der Waals surface area contributed by atoms with Crippen LogP contribution in [0.4, 0.5) is 5.82 Å². The molecule has 1 atom stereocenters. The molecule has 3 heterocycles. The molecule has 4 nitrogen and oxygen atoms in total. The van der Waals surface area contributed by atoms with Gasteiger partial charge in [-0.05, 0) is 42.5 Å². The van der Waals surface area contributed by atoms with Gasteiger partial charge in [0.1, 0.15) is 5.82 Å². The number of amides is 1. The minimum absolute atomic E-state index is 0.0597. The van der Waals surface area contributed by atoms with Crippen LogP contribution < -0.4 is 5.32 Å². The smallest absolute Gasteiger partial charge is 0.255 e. The second-order valence-corrected chi connectivity index (χ2v) is 5.91. The lowest BCUT2D eigenvalue weighted by molar-refractivity contribution is 0.0679. The maximum Gasteiger partial charge on any atom is 0.255 e. The number of rotatable bonds is 2. The van der Waals surface area contributed by atoms with Crippen LogP contribution in [0.2, 0.25) is 0 Å². The van der Waals surface area contributed by atoms with Crippen LogP contribution >= 0.6 is 11.3 Å². The number of aromatic nitrogens is 1. The molecule has 0 aliphatic carbocycles. The molecular weight excluding hydrogens is 270 g/mol. The van der Waals surface area contributed by atoms with Crippen LogP contribution in [0.1, 0.15) is 33.8 Å². The van der Waals surface area contributed by atoms with E-state index in [1.54, 1.807) is 17.5 Å². The lowest BCUT2D eigenvalue weighted by Gasteiger charge is -2.33. The van der Waals surface area contributed by atoms with Crippen molar-refractivity contribution in [1.29, 1.82) is 0 Å². The number of carbonyl (C=O) groups is 1. The van der Waals surface area contributed by atoms with Gasteiger partial charge in [-0.15, -0.1) is 11.3 Å². The average Bonchev–Trinajstić information content (AvgIpc) is 2.96. The maximum atomic E-state index is 12.6. The monoisotopic (exact) mass is 287 g/mol. The Morgan fingerprint density at radius 1 is 1.45 bits per heavy atom. The highest BCUT2D eigenvalue weighted by Crippen LogP contribution is 2.33. The fourth-order valence-electron chi connectivity index (χ4n) is 2.62. The fourth-order valence-corrected chi connectivity index (χ4v) is 3.58. The van der Waals surface area contributed by atoms with E-state index in [0.29, 0.717) is 5.56 Å². The van der Waals surface area contributed by atoms with E-state index in [9.17, 15) is 4.79 Å². The van der Waals surface area contributed by atoms with Crippen molar-refractivity contribution in [3.63, 3.8) is 0 Å². The largest absolute Gasteiger partial charge is 0.373 e. The predicted molar refractivity (Wildman–Crippen MR) is 81.3 cm³/mol. The zero-order valence-corrected chi connectivity index (χ0v) is 12.4. The van der Waals surface area contributed by atoms with E-state index in [0.717, 1.165) is 18.8 Å². The molecule has 0 radical (unpaired) electrons. The van der Waals surface area contributed by atoms with Gasteiger partial charge in [0.15, 0.2) is 0 Å². The van der Waals surface area contributed by atoms with Gasteiger partial charge in [0.2, 0.25) is 0 Å². The molecule has 0 saturated carbocycles. The summed E-state index contributed by atoms with van der Waals surface area (Å²) in [6, 6.07) is 5.93. The Morgan fingerprint density at radius 2 is 2.30 bits per heavy atom. The van der Waals surface area contributed by atoms with Crippen LogP contribution in [-0.2, 0) is 6.42 Å².